The fourth-order valence-electron chi connectivity index (χ4n) is 2.02. The van der Waals surface area contributed by atoms with E-state index >= 15 is 0 Å². The molecule has 0 bridgehead atoms. The van der Waals surface area contributed by atoms with Crippen molar-refractivity contribution in [2.24, 2.45) is 11.7 Å². The summed E-state index contributed by atoms with van der Waals surface area (Å²) in [6.45, 7) is 5.36. The summed E-state index contributed by atoms with van der Waals surface area (Å²) < 4.78 is 0. The largest absolute Gasteiger partial charge is 0.338 e. The standard InChI is InChI=1S/C15H21N3O/c1-3-12(9-16)15(19)18(4-2)11-14-8-6-5-7-13(14)10-17/h5-8,12H,3-4,9,11,16H2,1-2H3. The summed E-state index contributed by atoms with van der Waals surface area (Å²) in [5, 5.41) is 9.07. The zero-order chi connectivity index (χ0) is 14.3. The zero-order valence-corrected chi connectivity index (χ0v) is 11.6. The fraction of sp³-hybridized carbons (Fsp3) is 0.467. The van der Waals surface area contributed by atoms with Crippen molar-refractivity contribution in [3.8, 4) is 6.07 Å². The maximum atomic E-state index is 12.3. The van der Waals surface area contributed by atoms with Gasteiger partial charge in [-0.05, 0) is 25.0 Å². The minimum Gasteiger partial charge on any atom is -0.338 e. The minimum absolute atomic E-state index is 0.0697. The van der Waals surface area contributed by atoms with Crippen molar-refractivity contribution in [3.05, 3.63) is 35.4 Å². The van der Waals surface area contributed by atoms with Crippen LogP contribution in [0.4, 0.5) is 0 Å². The Morgan fingerprint density at radius 3 is 2.63 bits per heavy atom. The molecule has 0 spiro atoms. The molecule has 0 aliphatic carbocycles. The van der Waals surface area contributed by atoms with Crippen molar-refractivity contribution in [1.82, 2.24) is 4.90 Å². The van der Waals surface area contributed by atoms with Crippen molar-refractivity contribution in [1.29, 1.82) is 5.26 Å². The zero-order valence-electron chi connectivity index (χ0n) is 11.6. The molecule has 0 fully saturated rings. The second-order valence-electron chi connectivity index (χ2n) is 4.46. The van der Waals surface area contributed by atoms with Crippen LogP contribution in [0.5, 0.6) is 0 Å². The van der Waals surface area contributed by atoms with Gasteiger partial charge in [-0.15, -0.1) is 0 Å². The van der Waals surface area contributed by atoms with E-state index in [9.17, 15) is 4.79 Å². The van der Waals surface area contributed by atoms with Crippen molar-refractivity contribution in [2.75, 3.05) is 13.1 Å². The first kappa shape index (κ1) is 15.2. The van der Waals surface area contributed by atoms with E-state index in [4.69, 9.17) is 11.0 Å². The lowest BCUT2D eigenvalue weighted by Gasteiger charge is -2.25. The summed E-state index contributed by atoms with van der Waals surface area (Å²) in [6, 6.07) is 9.53. The third-order valence-electron chi connectivity index (χ3n) is 3.32. The van der Waals surface area contributed by atoms with Gasteiger partial charge in [0.25, 0.3) is 0 Å². The highest BCUT2D eigenvalue weighted by Crippen LogP contribution is 2.14. The summed E-state index contributed by atoms with van der Waals surface area (Å²) in [5.41, 5.74) is 7.13. The molecule has 0 aliphatic heterocycles. The van der Waals surface area contributed by atoms with Crippen LogP contribution in [0, 0.1) is 17.2 Å². The van der Waals surface area contributed by atoms with Gasteiger partial charge in [-0.25, -0.2) is 0 Å². The van der Waals surface area contributed by atoms with Crippen molar-refractivity contribution in [2.45, 2.75) is 26.8 Å². The van der Waals surface area contributed by atoms with E-state index < -0.39 is 0 Å². The van der Waals surface area contributed by atoms with E-state index in [0.717, 1.165) is 12.0 Å². The Kier molecular flexibility index (Phi) is 6.04. The van der Waals surface area contributed by atoms with Gasteiger partial charge in [0.2, 0.25) is 5.91 Å². The molecular weight excluding hydrogens is 238 g/mol. The first-order chi connectivity index (χ1) is 9.17. The Hall–Kier alpha value is -1.86. The lowest BCUT2D eigenvalue weighted by Crippen LogP contribution is -2.38. The molecule has 4 heteroatoms. The van der Waals surface area contributed by atoms with Crippen molar-refractivity contribution >= 4 is 5.91 Å². The Labute approximate surface area is 114 Å². The quantitative estimate of drug-likeness (QED) is 0.848. The van der Waals surface area contributed by atoms with E-state index in [1.54, 1.807) is 11.0 Å². The van der Waals surface area contributed by atoms with Crippen LogP contribution in [0.3, 0.4) is 0 Å². The molecule has 0 saturated carbocycles. The number of nitriles is 1. The highest BCUT2D eigenvalue weighted by molar-refractivity contribution is 5.79. The molecule has 0 aliphatic rings. The van der Waals surface area contributed by atoms with Crippen LogP contribution in [0.15, 0.2) is 24.3 Å². The van der Waals surface area contributed by atoms with Crippen LogP contribution < -0.4 is 5.73 Å². The topological polar surface area (TPSA) is 70.1 Å². The van der Waals surface area contributed by atoms with Gasteiger partial charge in [-0.3, -0.25) is 4.79 Å². The van der Waals surface area contributed by atoms with Gasteiger partial charge in [0.05, 0.1) is 17.6 Å². The van der Waals surface area contributed by atoms with Gasteiger partial charge in [-0.2, -0.15) is 5.26 Å². The molecule has 2 N–H and O–H groups in total. The predicted octanol–water partition coefficient (Wildman–Crippen LogP) is 1.89. The van der Waals surface area contributed by atoms with Gasteiger partial charge >= 0.3 is 0 Å². The number of hydrogen-bond donors (Lipinski definition) is 1. The molecular formula is C15H21N3O. The molecule has 0 aromatic heterocycles. The van der Waals surface area contributed by atoms with E-state index in [1.165, 1.54) is 0 Å². The van der Waals surface area contributed by atoms with Crippen molar-refractivity contribution < 1.29 is 4.79 Å². The third-order valence-corrected chi connectivity index (χ3v) is 3.32. The average Bonchev–Trinajstić information content (AvgIpc) is 2.46. The predicted molar refractivity (Wildman–Crippen MR) is 75.1 cm³/mol. The van der Waals surface area contributed by atoms with Crippen LogP contribution >= 0.6 is 0 Å². The molecule has 4 nitrogen and oxygen atoms in total. The molecule has 1 aromatic carbocycles. The molecule has 1 amide bonds. The number of nitrogens with two attached hydrogens (primary N) is 1. The maximum Gasteiger partial charge on any atom is 0.227 e. The molecule has 0 radical (unpaired) electrons. The Morgan fingerprint density at radius 2 is 2.11 bits per heavy atom. The van der Waals surface area contributed by atoms with E-state index in [-0.39, 0.29) is 11.8 Å². The van der Waals surface area contributed by atoms with Crippen LogP contribution in [0.25, 0.3) is 0 Å². The number of amides is 1. The van der Waals surface area contributed by atoms with Gasteiger partial charge in [0, 0.05) is 19.6 Å². The number of carbonyl (C=O) groups is 1. The minimum atomic E-state index is -0.130. The summed E-state index contributed by atoms with van der Waals surface area (Å²) >= 11 is 0. The molecule has 1 aromatic rings. The lowest BCUT2D eigenvalue weighted by atomic mass is 10.0. The first-order valence-corrected chi connectivity index (χ1v) is 6.64. The summed E-state index contributed by atoms with van der Waals surface area (Å²) in [5.74, 6) is -0.0607. The number of nitrogens with zero attached hydrogens (tertiary/aromatic N) is 2. The second-order valence-corrected chi connectivity index (χ2v) is 4.46. The normalized spacial score (nSPS) is 11.7. The van der Waals surface area contributed by atoms with Gasteiger partial charge in [-0.1, -0.05) is 25.1 Å². The molecule has 0 heterocycles. The summed E-state index contributed by atoms with van der Waals surface area (Å²) in [4.78, 5) is 14.1. The van der Waals surface area contributed by atoms with Gasteiger partial charge < -0.3 is 10.6 Å². The SMILES string of the molecule is CCC(CN)C(=O)N(CC)Cc1ccccc1C#N. The number of carbonyl (C=O) groups excluding carboxylic acids is 1. The van der Waals surface area contributed by atoms with E-state index in [1.807, 2.05) is 32.0 Å². The maximum absolute atomic E-state index is 12.3. The number of rotatable bonds is 6. The van der Waals surface area contributed by atoms with Gasteiger partial charge in [0.15, 0.2) is 0 Å². The number of hydrogen-bond acceptors (Lipinski definition) is 3. The van der Waals surface area contributed by atoms with E-state index in [0.29, 0.717) is 25.2 Å². The molecule has 1 unspecified atom stereocenters. The fourth-order valence-corrected chi connectivity index (χ4v) is 2.02. The molecule has 1 atom stereocenters. The first-order valence-electron chi connectivity index (χ1n) is 6.64. The highest BCUT2D eigenvalue weighted by atomic mass is 16.2. The van der Waals surface area contributed by atoms with E-state index in [2.05, 4.69) is 6.07 Å². The van der Waals surface area contributed by atoms with Crippen LogP contribution in [0.2, 0.25) is 0 Å². The highest BCUT2D eigenvalue weighted by Gasteiger charge is 2.21. The summed E-state index contributed by atoms with van der Waals surface area (Å²) in [6.07, 6.45) is 0.742. The summed E-state index contributed by atoms with van der Waals surface area (Å²) in [7, 11) is 0. The molecule has 0 saturated heterocycles. The molecule has 1 rings (SSSR count). The van der Waals surface area contributed by atoms with Crippen LogP contribution in [-0.2, 0) is 11.3 Å². The number of benzene rings is 1. The van der Waals surface area contributed by atoms with Crippen LogP contribution in [-0.4, -0.2) is 23.9 Å². The smallest absolute Gasteiger partial charge is 0.227 e. The average molecular weight is 259 g/mol. The van der Waals surface area contributed by atoms with Crippen molar-refractivity contribution in [3.63, 3.8) is 0 Å². The lowest BCUT2D eigenvalue weighted by molar-refractivity contribution is -0.135. The monoisotopic (exact) mass is 259 g/mol. The van der Waals surface area contributed by atoms with Gasteiger partial charge in [0.1, 0.15) is 0 Å². The second kappa shape index (κ2) is 7.55. The Balaban J connectivity index is 2.88. The Morgan fingerprint density at radius 1 is 1.42 bits per heavy atom. The molecule has 19 heavy (non-hydrogen) atoms. The third kappa shape index (κ3) is 3.80. The Bertz CT molecular complexity index is 461. The van der Waals surface area contributed by atoms with Crippen LogP contribution in [0.1, 0.15) is 31.4 Å². The molecule has 102 valence electrons.